The molecule has 0 aliphatic heterocycles. The minimum atomic E-state index is -0.628. The van der Waals surface area contributed by atoms with Gasteiger partial charge in [0.05, 0.1) is 17.7 Å². The Labute approximate surface area is 110 Å². The number of halogens is 2. The average Bonchev–Trinajstić information content (AvgIpc) is 2.31. The van der Waals surface area contributed by atoms with Gasteiger partial charge in [-0.1, -0.05) is 20.3 Å². The van der Waals surface area contributed by atoms with E-state index in [9.17, 15) is 9.50 Å². The second-order valence-corrected chi connectivity index (χ2v) is 5.13. The van der Waals surface area contributed by atoms with Crippen LogP contribution in [-0.4, -0.2) is 12.2 Å². The standard InChI is InChI=1S/C13H18BrFO2/c1-4-8(2)5-12(16)9-6-10(14)11(15)7-13(9)17-3/h6-8,12,16H,4-5H2,1-3H3. The lowest BCUT2D eigenvalue weighted by Gasteiger charge is -2.18. The molecule has 0 spiro atoms. The largest absolute Gasteiger partial charge is 0.496 e. The molecule has 2 nitrogen and oxygen atoms in total. The molecule has 96 valence electrons. The molecular formula is C13H18BrFO2. The molecular weight excluding hydrogens is 287 g/mol. The summed E-state index contributed by atoms with van der Waals surface area (Å²) in [7, 11) is 1.47. The summed E-state index contributed by atoms with van der Waals surface area (Å²) in [6, 6.07) is 2.88. The molecule has 0 aliphatic rings. The molecule has 0 aliphatic carbocycles. The second kappa shape index (κ2) is 6.36. The maximum Gasteiger partial charge on any atom is 0.141 e. The van der Waals surface area contributed by atoms with Gasteiger partial charge in [0.15, 0.2) is 0 Å². The van der Waals surface area contributed by atoms with E-state index in [1.54, 1.807) is 6.07 Å². The van der Waals surface area contributed by atoms with Crippen LogP contribution in [0.2, 0.25) is 0 Å². The summed E-state index contributed by atoms with van der Waals surface area (Å²) < 4.78 is 18.8. The zero-order valence-corrected chi connectivity index (χ0v) is 11.9. The predicted molar refractivity (Wildman–Crippen MR) is 69.7 cm³/mol. The zero-order valence-electron chi connectivity index (χ0n) is 10.3. The van der Waals surface area contributed by atoms with Gasteiger partial charge in [-0.2, -0.15) is 0 Å². The van der Waals surface area contributed by atoms with E-state index in [4.69, 9.17) is 4.74 Å². The van der Waals surface area contributed by atoms with Gasteiger partial charge in [-0.3, -0.25) is 0 Å². The quantitative estimate of drug-likeness (QED) is 0.888. The normalized spacial score (nSPS) is 14.5. The predicted octanol–water partition coefficient (Wildman–Crippen LogP) is 4.07. The lowest BCUT2D eigenvalue weighted by Crippen LogP contribution is -2.06. The van der Waals surface area contributed by atoms with Crippen molar-refractivity contribution < 1.29 is 14.2 Å². The summed E-state index contributed by atoms with van der Waals surface area (Å²) >= 11 is 3.12. The maximum atomic E-state index is 13.3. The third kappa shape index (κ3) is 3.68. The van der Waals surface area contributed by atoms with Crippen molar-refractivity contribution in [3.05, 3.63) is 28.0 Å². The zero-order chi connectivity index (χ0) is 13.0. The molecule has 1 aromatic rings. The van der Waals surface area contributed by atoms with E-state index in [1.165, 1.54) is 13.2 Å². The van der Waals surface area contributed by atoms with Gasteiger partial charge in [-0.05, 0) is 34.3 Å². The summed E-state index contributed by atoms with van der Waals surface area (Å²) in [5.41, 5.74) is 0.626. The Kier molecular flexibility index (Phi) is 5.40. The van der Waals surface area contributed by atoms with Crippen LogP contribution in [0.15, 0.2) is 16.6 Å². The minimum Gasteiger partial charge on any atom is -0.496 e. The first-order valence-electron chi connectivity index (χ1n) is 5.70. The lowest BCUT2D eigenvalue weighted by atomic mass is 9.96. The molecule has 0 bridgehead atoms. The minimum absolute atomic E-state index is 0.344. The van der Waals surface area contributed by atoms with Gasteiger partial charge >= 0.3 is 0 Å². The molecule has 0 aromatic heterocycles. The number of ether oxygens (including phenoxy) is 1. The summed E-state index contributed by atoms with van der Waals surface area (Å²) in [6.45, 7) is 4.16. The molecule has 0 heterocycles. The van der Waals surface area contributed by atoms with Gasteiger partial charge in [0.1, 0.15) is 11.6 Å². The topological polar surface area (TPSA) is 29.5 Å². The first kappa shape index (κ1) is 14.5. The van der Waals surface area contributed by atoms with Crippen LogP contribution in [0.4, 0.5) is 4.39 Å². The van der Waals surface area contributed by atoms with Gasteiger partial charge in [0, 0.05) is 11.6 Å². The van der Waals surface area contributed by atoms with Crippen molar-refractivity contribution in [2.45, 2.75) is 32.8 Å². The highest BCUT2D eigenvalue weighted by molar-refractivity contribution is 9.10. The Morgan fingerprint density at radius 3 is 2.65 bits per heavy atom. The van der Waals surface area contributed by atoms with Crippen molar-refractivity contribution in [2.24, 2.45) is 5.92 Å². The Hall–Kier alpha value is -0.610. The SMILES string of the molecule is CCC(C)CC(O)c1cc(Br)c(F)cc1OC. The Balaban J connectivity index is 2.99. The van der Waals surface area contributed by atoms with Gasteiger partial charge in [0.25, 0.3) is 0 Å². The third-order valence-electron chi connectivity index (χ3n) is 2.95. The van der Waals surface area contributed by atoms with E-state index in [1.807, 2.05) is 0 Å². The Morgan fingerprint density at radius 2 is 2.12 bits per heavy atom. The average molecular weight is 305 g/mol. The number of benzene rings is 1. The van der Waals surface area contributed by atoms with Crippen molar-refractivity contribution in [2.75, 3.05) is 7.11 Å². The van der Waals surface area contributed by atoms with Gasteiger partial charge in [-0.25, -0.2) is 4.39 Å². The van der Waals surface area contributed by atoms with E-state index < -0.39 is 6.10 Å². The van der Waals surface area contributed by atoms with E-state index in [-0.39, 0.29) is 5.82 Å². The van der Waals surface area contributed by atoms with Gasteiger partial charge in [-0.15, -0.1) is 0 Å². The van der Waals surface area contributed by atoms with Crippen LogP contribution >= 0.6 is 15.9 Å². The maximum absolute atomic E-state index is 13.3. The van der Waals surface area contributed by atoms with E-state index in [0.29, 0.717) is 28.1 Å². The van der Waals surface area contributed by atoms with Crippen molar-refractivity contribution in [1.82, 2.24) is 0 Å². The molecule has 0 fully saturated rings. The molecule has 0 amide bonds. The van der Waals surface area contributed by atoms with Crippen LogP contribution in [0.3, 0.4) is 0 Å². The molecule has 4 heteroatoms. The van der Waals surface area contributed by atoms with Crippen molar-refractivity contribution >= 4 is 15.9 Å². The first-order valence-corrected chi connectivity index (χ1v) is 6.49. The number of aliphatic hydroxyl groups is 1. The lowest BCUT2D eigenvalue weighted by molar-refractivity contribution is 0.143. The molecule has 1 rings (SSSR count). The van der Waals surface area contributed by atoms with Crippen LogP contribution in [0, 0.1) is 11.7 Å². The fourth-order valence-corrected chi connectivity index (χ4v) is 2.02. The molecule has 0 saturated carbocycles. The highest BCUT2D eigenvalue weighted by Gasteiger charge is 2.18. The first-order chi connectivity index (χ1) is 7.99. The second-order valence-electron chi connectivity index (χ2n) is 4.27. The van der Waals surface area contributed by atoms with Gasteiger partial charge in [0.2, 0.25) is 0 Å². The Morgan fingerprint density at radius 1 is 1.47 bits per heavy atom. The highest BCUT2D eigenvalue weighted by atomic mass is 79.9. The monoisotopic (exact) mass is 304 g/mol. The van der Waals surface area contributed by atoms with E-state index >= 15 is 0 Å². The summed E-state index contributed by atoms with van der Waals surface area (Å²) in [6.07, 6.45) is 1.02. The fraction of sp³-hybridized carbons (Fsp3) is 0.538. The van der Waals surface area contributed by atoms with Crippen molar-refractivity contribution in [1.29, 1.82) is 0 Å². The number of hydrogen-bond acceptors (Lipinski definition) is 2. The highest BCUT2D eigenvalue weighted by Crippen LogP contribution is 2.33. The van der Waals surface area contributed by atoms with Crippen LogP contribution in [-0.2, 0) is 0 Å². The fourth-order valence-electron chi connectivity index (χ4n) is 1.66. The van der Waals surface area contributed by atoms with E-state index in [2.05, 4.69) is 29.8 Å². The molecule has 2 atom stereocenters. The molecule has 1 aromatic carbocycles. The third-order valence-corrected chi connectivity index (χ3v) is 3.56. The number of rotatable bonds is 5. The Bertz CT molecular complexity index is 382. The smallest absolute Gasteiger partial charge is 0.141 e. The number of methoxy groups -OCH3 is 1. The van der Waals surface area contributed by atoms with E-state index in [0.717, 1.165) is 6.42 Å². The number of aliphatic hydroxyl groups excluding tert-OH is 1. The summed E-state index contributed by atoms with van der Waals surface area (Å²) in [5, 5.41) is 10.1. The molecule has 1 N–H and O–H groups in total. The molecule has 17 heavy (non-hydrogen) atoms. The molecule has 2 unspecified atom stereocenters. The van der Waals surface area contributed by atoms with Crippen LogP contribution in [0.25, 0.3) is 0 Å². The number of hydrogen-bond donors (Lipinski definition) is 1. The van der Waals surface area contributed by atoms with Crippen molar-refractivity contribution in [3.63, 3.8) is 0 Å². The van der Waals surface area contributed by atoms with Crippen LogP contribution < -0.4 is 4.74 Å². The summed E-state index contributed by atoms with van der Waals surface area (Å²) in [5.74, 6) is 0.418. The molecule has 0 saturated heterocycles. The summed E-state index contributed by atoms with van der Waals surface area (Å²) in [4.78, 5) is 0. The van der Waals surface area contributed by atoms with Crippen molar-refractivity contribution in [3.8, 4) is 5.75 Å². The van der Waals surface area contributed by atoms with Crippen LogP contribution in [0.5, 0.6) is 5.75 Å². The van der Waals surface area contributed by atoms with Crippen LogP contribution in [0.1, 0.15) is 38.4 Å². The van der Waals surface area contributed by atoms with Gasteiger partial charge < -0.3 is 9.84 Å². The molecule has 0 radical (unpaired) electrons.